The molecule has 2 rings (SSSR count). The van der Waals surface area contributed by atoms with Crippen molar-refractivity contribution in [3.8, 4) is 5.69 Å². The minimum Gasteiger partial charge on any atom is -0.481 e. The van der Waals surface area contributed by atoms with Crippen molar-refractivity contribution in [2.24, 2.45) is 0 Å². The molecule has 0 radical (unpaired) electrons. The van der Waals surface area contributed by atoms with Crippen LogP contribution in [0, 0.1) is 6.92 Å². The van der Waals surface area contributed by atoms with Crippen LogP contribution in [-0.2, 0) is 4.79 Å². The van der Waals surface area contributed by atoms with Crippen molar-refractivity contribution >= 4 is 33.7 Å². The van der Waals surface area contributed by atoms with Gasteiger partial charge < -0.3 is 5.11 Å². The fourth-order valence-electron chi connectivity index (χ4n) is 1.84. The SMILES string of the molecule is Cc1ccc(-n2c(SCC(=O)O)nnc2C(C)C)cc1Br. The molecule has 1 aromatic carbocycles. The van der Waals surface area contributed by atoms with Crippen LogP contribution in [0.3, 0.4) is 0 Å². The largest absolute Gasteiger partial charge is 0.481 e. The minimum atomic E-state index is -0.870. The van der Waals surface area contributed by atoms with Gasteiger partial charge in [0.1, 0.15) is 5.82 Å². The summed E-state index contributed by atoms with van der Waals surface area (Å²) in [5.41, 5.74) is 2.06. The first-order valence-electron chi connectivity index (χ1n) is 6.46. The quantitative estimate of drug-likeness (QED) is 0.814. The molecule has 0 fully saturated rings. The third kappa shape index (κ3) is 3.65. The Morgan fingerprint density at radius 1 is 1.43 bits per heavy atom. The van der Waals surface area contributed by atoms with Crippen molar-refractivity contribution in [1.29, 1.82) is 0 Å². The van der Waals surface area contributed by atoms with Crippen LogP contribution in [0.4, 0.5) is 0 Å². The number of thioether (sulfide) groups is 1. The summed E-state index contributed by atoms with van der Waals surface area (Å²) in [6, 6.07) is 5.99. The van der Waals surface area contributed by atoms with Crippen molar-refractivity contribution < 1.29 is 9.90 Å². The van der Waals surface area contributed by atoms with E-state index < -0.39 is 5.97 Å². The maximum atomic E-state index is 10.8. The van der Waals surface area contributed by atoms with Gasteiger partial charge in [0.05, 0.1) is 11.4 Å². The molecular weight excluding hydrogens is 354 g/mol. The predicted molar refractivity (Wildman–Crippen MR) is 86.2 cm³/mol. The average Bonchev–Trinajstić information content (AvgIpc) is 2.83. The number of aryl methyl sites for hydroxylation is 1. The third-order valence-corrected chi connectivity index (χ3v) is 4.68. The zero-order valence-corrected chi connectivity index (χ0v) is 14.4. The van der Waals surface area contributed by atoms with Gasteiger partial charge in [0.15, 0.2) is 5.16 Å². The Hall–Kier alpha value is -1.34. The molecule has 0 saturated carbocycles. The number of nitrogens with zero attached hydrogens (tertiary/aromatic N) is 3. The highest BCUT2D eigenvalue weighted by Gasteiger charge is 2.18. The molecular formula is C14H16BrN3O2S. The molecule has 5 nitrogen and oxygen atoms in total. The molecule has 0 amide bonds. The lowest BCUT2D eigenvalue weighted by atomic mass is 10.2. The minimum absolute atomic E-state index is 0.0384. The predicted octanol–water partition coefficient (Wildman–Crippen LogP) is 3.64. The summed E-state index contributed by atoms with van der Waals surface area (Å²) in [5.74, 6) is 0.102. The molecule has 21 heavy (non-hydrogen) atoms. The molecule has 0 aliphatic heterocycles. The highest BCUT2D eigenvalue weighted by atomic mass is 79.9. The second kappa shape index (κ2) is 6.62. The third-order valence-electron chi connectivity index (χ3n) is 2.91. The lowest BCUT2D eigenvalue weighted by Crippen LogP contribution is -2.06. The number of hydrogen-bond donors (Lipinski definition) is 1. The Morgan fingerprint density at radius 2 is 2.14 bits per heavy atom. The van der Waals surface area contributed by atoms with Gasteiger partial charge in [-0.2, -0.15) is 0 Å². The molecule has 1 aromatic heterocycles. The van der Waals surface area contributed by atoms with Crippen molar-refractivity contribution in [2.75, 3.05) is 5.75 Å². The molecule has 0 spiro atoms. The van der Waals surface area contributed by atoms with Crippen LogP contribution in [-0.4, -0.2) is 31.6 Å². The Balaban J connectivity index is 2.49. The van der Waals surface area contributed by atoms with Crippen molar-refractivity contribution in [2.45, 2.75) is 31.8 Å². The van der Waals surface area contributed by atoms with Crippen LogP contribution in [0.5, 0.6) is 0 Å². The number of rotatable bonds is 5. The van der Waals surface area contributed by atoms with Crippen LogP contribution in [0.25, 0.3) is 5.69 Å². The number of halogens is 1. The summed E-state index contributed by atoms with van der Waals surface area (Å²) in [6.07, 6.45) is 0. The fourth-order valence-corrected chi connectivity index (χ4v) is 2.88. The number of carboxylic acid groups (broad SMARTS) is 1. The first-order valence-corrected chi connectivity index (χ1v) is 8.24. The van der Waals surface area contributed by atoms with Gasteiger partial charge in [-0.05, 0) is 24.6 Å². The van der Waals surface area contributed by atoms with Crippen LogP contribution < -0.4 is 0 Å². The van der Waals surface area contributed by atoms with E-state index in [1.165, 1.54) is 11.8 Å². The summed E-state index contributed by atoms with van der Waals surface area (Å²) in [6.45, 7) is 6.09. The second-order valence-corrected chi connectivity index (χ2v) is 6.74. The summed E-state index contributed by atoms with van der Waals surface area (Å²) >= 11 is 4.70. The lowest BCUT2D eigenvalue weighted by Gasteiger charge is -2.12. The summed E-state index contributed by atoms with van der Waals surface area (Å²) in [4.78, 5) is 10.8. The van der Waals surface area contributed by atoms with E-state index in [0.29, 0.717) is 5.16 Å². The zero-order chi connectivity index (χ0) is 15.6. The molecule has 0 aliphatic carbocycles. The van der Waals surface area contributed by atoms with Crippen molar-refractivity contribution in [1.82, 2.24) is 14.8 Å². The molecule has 2 aromatic rings. The Kier molecular flexibility index (Phi) is 5.05. The van der Waals surface area contributed by atoms with E-state index in [-0.39, 0.29) is 11.7 Å². The molecule has 112 valence electrons. The van der Waals surface area contributed by atoms with Gasteiger partial charge in [0.25, 0.3) is 0 Å². The van der Waals surface area contributed by atoms with Gasteiger partial charge in [-0.1, -0.05) is 47.6 Å². The average molecular weight is 370 g/mol. The van der Waals surface area contributed by atoms with Crippen LogP contribution in [0.1, 0.15) is 31.2 Å². The monoisotopic (exact) mass is 369 g/mol. The zero-order valence-electron chi connectivity index (χ0n) is 12.0. The fraction of sp³-hybridized carbons (Fsp3) is 0.357. The van der Waals surface area contributed by atoms with E-state index in [2.05, 4.69) is 26.1 Å². The standard InChI is InChI=1S/C14H16BrN3O2S/c1-8(2)13-16-17-14(21-7-12(19)20)18(13)10-5-4-9(3)11(15)6-10/h4-6,8H,7H2,1-3H3,(H,19,20). The van der Waals surface area contributed by atoms with Crippen LogP contribution in [0.15, 0.2) is 27.8 Å². The number of hydrogen-bond acceptors (Lipinski definition) is 4. The number of aromatic nitrogens is 3. The molecule has 0 atom stereocenters. The van der Waals surface area contributed by atoms with Crippen molar-refractivity contribution in [3.05, 3.63) is 34.1 Å². The first-order chi connectivity index (χ1) is 9.90. The molecule has 7 heteroatoms. The first kappa shape index (κ1) is 16.0. The van der Waals surface area contributed by atoms with Gasteiger partial charge >= 0.3 is 5.97 Å². The maximum Gasteiger partial charge on any atom is 0.313 e. The molecule has 0 unspecified atom stereocenters. The van der Waals surface area contributed by atoms with E-state index in [0.717, 1.165) is 21.5 Å². The van der Waals surface area contributed by atoms with Gasteiger partial charge in [-0.25, -0.2) is 0 Å². The number of carbonyl (C=O) groups is 1. The number of benzene rings is 1. The number of aliphatic carboxylic acids is 1. The van der Waals surface area contributed by atoms with Gasteiger partial charge in [-0.3, -0.25) is 9.36 Å². The van der Waals surface area contributed by atoms with Crippen molar-refractivity contribution in [3.63, 3.8) is 0 Å². The van der Waals surface area contributed by atoms with Gasteiger partial charge in [-0.15, -0.1) is 10.2 Å². The van der Waals surface area contributed by atoms with Crippen LogP contribution >= 0.6 is 27.7 Å². The molecule has 0 saturated heterocycles. The maximum absolute atomic E-state index is 10.8. The normalized spacial score (nSPS) is 11.1. The van der Waals surface area contributed by atoms with Crippen LogP contribution in [0.2, 0.25) is 0 Å². The van der Waals surface area contributed by atoms with Gasteiger partial charge in [0, 0.05) is 10.4 Å². The van der Waals surface area contributed by atoms with E-state index in [9.17, 15) is 4.79 Å². The Labute approximate surface area is 135 Å². The molecule has 1 N–H and O–H groups in total. The van der Waals surface area contributed by atoms with E-state index >= 15 is 0 Å². The Bertz CT molecular complexity index is 670. The lowest BCUT2D eigenvalue weighted by molar-refractivity contribution is -0.133. The summed E-state index contributed by atoms with van der Waals surface area (Å²) < 4.78 is 2.92. The smallest absolute Gasteiger partial charge is 0.313 e. The van der Waals surface area contributed by atoms with E-state index in [1.54, 1.807) is 0 Å². The molecule has 1 heterocycles. The second-order valence-electron chi connectivity index (χ2n) is 4.95. The Morgan fingerprint density at radius 3 is 2.71 bits per heavy atom. The number of carboxylic acids is 1. The van der Waals surface area contributed by atoms with Gasteiger partial charge in [0.2, 0.25) is 0 Å². The summed E-state index contributed by atoms with van der Waals surface area (Å²) in [5, 5.41) is 17.8. The topological polar surface area (TPSA) is 68.0 Å². The molecule has 0 aliphatic rings. The summed E-state index contributed by atoms with van der Waals surface area (Å²) in [7, 11) is 0. The molecule has 0 bridgehead atoms. The highest BCUT2D eigenvalue weighted by Crippen LogP contribution is 2.28. The highest BCUT2D eigenvalue weighted by molar-refractivity contribution is 9.10. The van der Waals surface area contributed by atoms with E-state index in [4.69, 9.17) is 5.11 Å². The van der Waals surface area contributed by atoms with E-state index in [1.807, 2.05) is 43.5 Å².